The molecule has 1 aliphatic carbocycles. The van der Waals surface area contributed by atoms with Crippen LogP contribution in [-0.2, 0) is 16.1 Å². The lowest BCUT2D eigenvalue weighted by Gasteiger charge is -2.30. The van der Waals surface area contributed by atoms with Crippen LogP contribution in [0.3, 0.4) is 0 Å². The molecule has 0 bridgehead atoms. The van der Waals surface area contributed by atoms with Crippen molar-refractivity contribution < 1.29 is 9.59 Å². The van der Waals surface area contributed by atoms with Crippen molar-refractivity contribution in [1.29, 1.82) is 0 Å². The van der Waals surface area contributed by atoms with Crippen molar-refractivity contribution in [1.82, 2.24) is 10.2 Å². The van der Waals surface area contributed by atoms with E-state index in [4.69, 9.17) is 0 Å². The summed E-state index contributed by atoms with van der Waals surface area (Å²) in [6, 6.07) is 10.1. The van der Waals surface area contributed by atoms with E-state index < -0.39 is 0 Å². The zero-order valence-corrected chi connectivity index (χ0v) is 15.8. The number of carbonyl (C=O) groups excluding carboxylic acids is 2. The molecule has 0 atom stereocenters. The van der Waals surface area contributed by atoms with Gasteiger partial charge in [-0.3, -0.25) is 9.59 Å². The van der Waals surface area contributed by atoms with E-state index in [-0.39, 0.29) is 23.7 Å². The van der Waals surface area contributed by atoms with Gasteiger partial charge in [-0.1, -0.05) is 44.2 Å². The summed E-state index contributed by atoms with van der Waals surface area (Å²) in [6.45, 7) is 5.73. The molecule has 2 rings (SSSR count). The number of rotatable bonds is 7. The van der Waals surface area contributed by atoms with E-state index >= 15 is 0 Å². The van der Waals surface area contributed by atoms with Crippen molar-refractivity contribution in [3.05, 3.63) is 35.9 Å². The summed E-state index contributed by atoms with van der Waals surface area (Å²) in [5.41, 5.74) is 1.15. The number of benzene rings is 1. The molecular weight excluding hydrogens is 312 g/mol. The second-order valence-corrected chi connectivity index (χ2v) is 7.70. The largest absolute Gasteiger partial charge is 0.356 e. The normalized spacial score (nSPS) is 20.3. The highest BCUT2D eigenvalue weighted by molar-refractivity contribution is 5.81. The van der Waals surface area contributed by atoms with Gasteiger partial charge >= 0.3 is 0 Å². The molecule has 0 spiro atoms. The average molecular weight is 344 g/mol. The maximum absolute atomic E-state index is 12.7. The molecule has 0 radical (unpaired) electrons. The molecule has 4 nitrogen and oxygen atoms in total. The second kappa shape index (κ2) is 9.59. The summed E-state index contributed by atoms with van der Waals surface area (Å²) in [4.78, 5) is 26.7. The van der Waals surface area contributed by atoms with Crippen LogP contribution in [0.15, 0.2) is 30.3 Å². The van der Waals surface area contributed by atoms with Crippen LogP contribution in [0.1, 0.15) is 51.5 Å². The zero-order valence-electron chi connectivity index (χ0n) is 15.8. The molecule has 1 aromatic carbocycles. The number of nitrogens with zero attached hydrogens (tertiary/aromatic N) is 1. The zero-order chi connectivity index (χ0) is 18.2. The summed E-state index contributed by atoms with van der Waals surface area (Å²) < 4.78 is 0. The first-order valence-corrected chi connectivity index (χ1v) is 9.54. The van der Waals surface area contributed by atoms with Crippen LogP contribution in [0.25, 0.3) is 0 Å². The van der Waals surface area contributed by atoms with Crippen LogP contribution in [0, 0.1) is 17.8 Å². The predicted octanol–water partition coefficient (Wildman–Crippen LogP) is 3.61. The Morgan fingerprint density at radius 3 is 2.28 bits per heavy atom. The van der Waals surface area contributed by atoms with Crippen molar-refractivity contribution >= 4 is 11.8 Å². The van der Waals surface area contributed by atoms with Crippen LogP contribution in [0.5, 0.6) is 0 Å². The highest BCUT2D eigenvalue weighted by Gasteiger charge is 2.31. The minimum Gasteiger partial charge on any atom is -0.356 e. The monoisotopic (exact) mass is 344 g/mol. The van der Waals surface area contributed by atoms with Crippen molar-refractivity contribution in [2.45, 2.75) is 52.5 Å². The van der Waals surface area contributed by atoms with Crippen molar-refractivity contribution in [3.63, 3.8) is 0 Å². The van der Waals surface area contributed by atoms with Gasteiger partial charge in [-0.05, 0) is 43.6 Å². The van der Waals surface area contributed by atoms with Crippen LogP contribution in [0.4, 0.5) is 0 Å². The van der Waals surface area contributed by atoms with E-state index in [9.17, 15) is 9.59 Å². The number of hydrogen-bond acceptors (Lipinski definition) is 2. The Hall–Kier alpha value is -1.84. The molecule has 0 saturated heterocycles. The van der Waals surface area contributed by atoms with Gasteiger partial charge in [0, 0.05) is 32.0 Å². The standard InChI is InChI=1S/C21H32N2O2/c1-16(2)13-14-22-20(24)18-9-11-19(12-10-18)21(25)23(3)15-17-7-5-4-6-8-17/h4-8,16,18-19H,9-15H2,1-3H3,(H,22,24). The molecule has 1 saturated carbocycles. The molecule has 25 heavy (non-hydrogen) atoms. The van der Waals surface area contributed by atoms with E-state index in [0.717, 1.165) is 44.2 Å². The molecule has 1 N–H and O–H groups in total. The molecule has 2 amide bonds. The van der Waals surface area contributed by atoms with Crippen LogP contribution in [-0.4, -0.2) is 30.3 Å². The third-order valence-electron chi connectivity index (χ3n) is 5.11. The summed E-state index contributed by atoms with van der Waals surface area (Å²) in [6.07, 6.45) is 4.30. The smallest absolute Gasteiger partial charge is 0.225 e. The van der Waals surface area contributed by atoms with Gasteiger partial charge in [0.05, 0.1) is 0 Å². The molecular formula is C21H32N2O2. The van der Waals surface area contributed by atoms with E-state index in [0.29, 0.717) is 12.5 Å². The lowest BCUT2D eigenvalue weighted by Crippen LogP contribution is -2.38. The van der Waals surface area contributed by atoms with Crippen LogP contribution < -0.4 is 5.32 Å². The number of nitrogens with one attached hydrogen (secondary N) is 1. The summed E-state index contributed by atoms with van der Waals surface area (Å²) in [5, 5.41) is 3.05. The third-order valence-corrected chi connectivity index (χ3v) is 5.11. The minimum atomic E-state index is 0.0634. The van der Waals surface area contributed by atoms with Crippen LogP contribution >= 0.6 is 0 Å². The minimum absolute atomic E-state index is 0.0634. The molecule has 0 heterocycles. The second-order valence-electron chi connectivity index (χ2n) is 7.70. The lowest BCUT2D eigenvalue weighted by molar-refractivity contribution is -0.137. The van der Waals surface area contributed by atoms with Gasteiger partial charge in [-0.25, -0.2) is 0 Å². The molecule has 1 aliphatic rings. The van der Waals surface area contributed by atoms with Crippen molar-refractivity contribution in [3.8, 4) is 0 Å². The maximum Gasteiger partial charge on any atom is 0.225 e. The molecule has 138 valence electrons. The van der Waals surface area contributed by atoms with Gasteiger partial charge in [-0.15, -0.1) is 0 Å². The van der Waals surface area contributed by atoms with Gasteiger partial charge in [0.2, 0.25) is 11.8 Å². The maximum atomic E-state index is 12.7. The van der Waals surface area contributed by atoms with E-state index in [1.165, 1.54) is 0 Å². The van der Waals surface area contributed by atoms with Crippen molar-refractivity contribution in [2.24, 2.45) is 17.8 Å². The van der Waals surface area contributed by atoms with E-state index in [1.54, 1.807) is 0 Å². The first kappa shape index (κ1) is 19.5. The predicted molar refractivity (Wildman–Crippen MR) is 101 cm³/mol. The van der Waals surface area contributed by atoms with Gasteiger partial charge < -0.3 is 10.2 Å². The number of carbonyl (C=O) groups is 2. The summed E-state index contributed by atoms with van der Waals surface area (Å²) in [5.74, 6) is 1.13. The Bertz CT molecular complexity index is 548. The lowest BCUT2D eigenvalue weighted by atomic mass is 9.81. The van der Waals surface area contributed by atoms with Crippen molar-refractivity contribution in [2.75, 3.05) is 13.6 Å². The molecule has 1 aromatic rings. The number of hydrogen-bond donors (Lipinski definition) is 1. The quantitative estimate of drug-likeness (QED) is 0.821. The van der Waals surface area contributed by atoms with Gasteiger partial charge in [0.1, 0.15) is 0 Å². The Morgan fingerprint density at radius 1 is 1.08 bits per heavy atom. The Morgan fingerprint density at radius 2 is 1.68 bits per heavy atom. The van der Waals surface area contributed by atoms with Crippen LogP contribution in [0.2, 0.25) is 0 Å². The average Bonchev–Trinajstić information content (AvgIpc) is 2.61. The Labute approximate surface area is 152 Å². The fraction of sp³-hybridized carbons (Fsp3) is 0.619. The Balaban J connectivity index is 1.75. The van der Waals surface area contributed by atoms with E-state index in [1.807, 2.05) is 42.3 Å². The first-order chi connectivity index (χ1) is 12.0. The van der Waals surface area contributed by atoms with Gasteiger partial charge in [-0.2, -0.15) is 0 Å². The molecule has 4 heteroatoms. The summed E-state index contributed by atoms with van der Waals surface area (Å²) in [7, 11) is 1.88. The fourth-order valence-electron chi connectivity index (χ4n) is 3.48. The van der Waals surface area contributed by atoms with E-state index in [2.05, 4.69) is 19.2 Å². The van der Waals surface area contributed by atoms with Gasteiger partial charge in [0.15, 0.2) is 0 Å². The number of amides is 2. The SMILES string of the molecule is CC(C)CCNC(=O)C1CCC(C(=O)N(C)Cc2ccccc2)CC1. The molecule has 0 aliphatic heterocycles. The summed E-state index contributed by atoms with van der Waals surface area (Å²) >= 11 is 0. The highest BCUT2D eigenvalue weighted by Crippen LogP contribution is 2.30. The third kappa shape index (κ3) is 6.18. The first-order valence-electron chi connectivity index (χ1n) is 9.54. The molecule has 0 unspecified atom stereocenters. The van der Waals surface area contributed by atoms with Gasteiger partial charge in [0.25, 0.3) is 0 Å². The fourth-order valence-corrected chi connectivity index (χ4v) is 3.48. The molecule has 1 fully saturated rings. The topological polar surface area (TPSA) is 49.4 Å². The Kier molecular flexibility index (Phi) is 7.48. The molecule has 0 aromatic heterocycles. The highest BCUT2D eigenvalue weighted by atomic mass is 16.2.